The maximum atomic E-state index is 5.95. The molecule has 1 aliphatic rings. The molecular formula is C11H22ClN. The standard InChI is InChI=1S/C11H22ClN/c1-2-3-5-8-13-9-6-4-7-11(13)10-12/h11H,2-10H2,1H3. The monoisotopic (exact) mass is 203 g/mol. The summed E-state index contributed by atoms with van der Waals surface area (Å²) in [5.41, 5.74) is 0. The molecule has 0 radical (unpaired) electrons. The molecule has 0 N–H and O–H groups in total. The third-order valence-corrected chi connectivity index (χ3v) is 3.33. The highest BCUT2D eigenvalue weighted by Crippen LogP contribution is 2.18. The summed E-state index contributed by atoms with van der Waals surface area (Å²) in [5, 5.41) is 0. The van der Waals surface area contributed by atoms with Gasteiger partial charge in [0, 0.05) is 11.9 Å². The maximum Gasteiger partial charge on any atom is 0.0379 e. The largest absolute Gasteiger partial charge is 0.299 e. The van der Waals surface area contributed by atoms with Crippen molar-refractivity contribution >= 4 is 11.6 Å². The molecule has 1 atom stereocenters. The maximum absolute atomic E-state index is 5.95. The van der Waals surface area contributed by atoms with Crippen molar-refractivity contribution in [2.24, 2.45) is 0 Å². The summed E-state index contributed by atoms with van der Waals surface area (Å²) in [5.74, 6) is 0.826. The molecule has 0 amide bonds. The third-order valence-electron chi connectivity index (χ3n) is 2.98. The Hall–Kier alpha value is 0.250. The Balaban J connectivity index is 2.19. The molecule has 0 spiro atoms. The minimum atomic E-state index is 0.673. The fourth-order valence-corrected chi connectivity index (χ4v) is 2.44. The first-order chi connectivity index (χ1) is 6.38. The molecule has 0 aromatic carbocycles. The van der Waals surface area contributed by atoms with Gasteiger partial charge in [0.15, 0.2) is 0 Å². The molecule has 1 nitrogen and oxygen atoms in total. The van der Waals surface area contributed by atoms with Gasteiger partial charge >= 0.3 is 0 Å². The van der Waals surface area contributed by atoms with Crippen LogP contribution in [0.1, 0.15) is 45.4 Å². The van der Waals surface area contributed by atoms with E-state index in [1.54, 1.807) is 0 Å². The predicted molar refractivity (Wildman–Crippen MR) is 59.5 cm³/mol. The number of unbranched alkanes of at least 4 members (excludes halogenated alkanes) is 2. The average Bonchev–Trinajstić information content (AvgIpc) is 2.19. The lowest BCUT2D eigenvalue weighted by Gasteiger charge is -2.34. The summed E-state index contributed by atoms with van der Waals surface area (Å²) in [6.45, 7) is 4.81. The molecule has 1 saturated heterocycles. The van der Waals surface area contributed by atoms with E-state index in [-0.39, 0.29) is 0 Å². The number of rotatable bonds is 5. The van der Waals surface area contributed by atoms with E-state index < -0.39 is 0 Å². The first-order valence-corrected chi connectivity index (χ1v) is 6.22. The zero-order valence-corrected chi connectivity index (χ0v) is 9.52. The zero-order chi connectivity index (χ0) is 9.52. The number of hydrogen-bond donors (Lipinski definition) is 0. The molecule has 1 rings (SSSR count). The first kappa shape index (κ1) is 11.3. The molecule has 0 aliphatic carbocycles. The Morgan fingerprint density at radius 3 is 2.85 bits per heavy atom. The van der Waals surface area contributed by atoms with Gasteiger partial charge in [-0.3, -0.25) is 4.90 Å². The van der Waals surface area contributed by atoms with Crippen LogP contribution >= 0.6 is 11.6 Å². The van der Waals surface area contributed by atoms with Crippen LogP contribution in [-0.4, -0.2) is 29.9 Å². The van der Waals surface area contributed by atoms with Gasteiger partial charge < -0.3 is 0 Å². The summed E-state index contributed by atoms with van der Waals surface area (Å²) in [6.07, 6.45) is 8.10. The molecule has 1 aliphatic heterocycles. The predicted octanol–water partition coefficient (Wildman–Crippen LogP) is 3.27. The number of nitrogens with zero attached hydrogens (tertiary/aromatic N) is 1. The van der Waals surface area contributed by atoms with Crippen LogP contribution < -0.4 is 0 Å². The molecule has 0 bridgehead atoms. The van der Waals surface area contributed by atoms with Gasteiger partial charge in [0.05, 0.1) is 0 Å². The van der Waals surface area contributed by atoms with E-state index in [2.05, 4.69) is 11.8 Å². The van der Waals surface area contributed by atoms with Crippen LogP contribution in [0.5, 0.6) is 0 Å². The molecule has 13 heavy (non-hydrogen) atoms. The minimum Gasteiger partial charge on any atom is -0.299 e. The highest BCUT2D eigenvalue weighted by molar-refractivity contribution is 6.18. The summed E-state index contributed by atoms with van der Waals surface area (Å²) < 4.78 is 0. The van der Waals surface area contributed by atoms with Crippen LogP contribution in [0.25, 0.3) is 0 Å². The second-order valence-corrected chi connectivity index (χ2v) is 4.36. The highest BCUT2D eigenvalue weighted by atomic mass is 35.5. The van der Waals surface area contributed by atoms with Crippen molar-refractivity contribution in [3.63, 3.8) is 0 Å². The van der Waals surface area contributed by atoms with Crippen molar-refractivity contribution in [2.75, 3.05) is 19.0 Å². The number of piperidine rings is 1. The number of alkyl halides is 1. The van der Waals surface area contributed by atoms with Gasteiger partial charge in [-0.25, -0.2) is 0 Å². The summed E-state index contributed by atoms with van der Waals surface area (Å²) >= 11 is 5.95. The molecule has 1 unspecified atom stereocenters. The highest BCUT2D eigenvalue weighted by Gasteiger charge is 2.20. The van der Waals surface area contributed by atoms with Gasteiger partial charge in [-0.2, -0.15) is 0 Å². The number of halogens is 1. The van der Waals surface area contributed by atoms with Gasteiger partial charge in [0.25, 0.3) is 0 Å². The molecule has 78 valence electrons. The van der Waals surface area contributed by atoms with Crippen molar-refractivity contribution < 1.29 is 0 Å². The van der Waals surface area contributed by atoms with E-state index in [4.69, 9.17) is 11.6 Å². The van der Waals surface area contributed by atoms with Crippen LogP contribution in [0.2, 0.25) is 0 Å². The fourth-order valence-electron chi connectivity index (χ4n) is 2.09. The quantitative estimate of drug-likeness (QED) is 0.490. The Morgan fingerprint density at radius 2 is 2.15 bits per heavy atom. The second kappa shape index (κ2) is 6.67. The summed E-state index contributed by atoms with van der Waals surface area (Å²) in [7, 11) is 0. The van der Waals surface area contributed by atoms with Crippen LogP contribution in [0.15, 0.2) is 0 Å². The zero-order valence-electron chi connectivity index (χ0n) is 8.77. The average molecular weight is 204 g/mol. The number of likely N-dealkylation sites (tertiary alicyclic amines) is 1. The van der Waals surface area contributed by atoms with E-state index in [1.165, 1.54) is 51.6 Å². The normalized spacial score (nSPS) is 24.9. The third kappa shape index (κ3) is 3.86. The van der Waals surface area contributed by atoms with Crippen LogP contribution in [0, 0.1) is 0 Å². The van der Waals surface area contributed by atoms with Crippen molar-refractivity contribution in [2.45, 2.75) is 51.5 Å². The van der Waals surface area contributed by atoms with Crippen molar-refractivity contribution in [3.8, 4) is 0 Å². The molecular weight excluding hydrogens is 182 g/mol. The molecule has 1 heterocycles. The van der Waals surface area contributed by atoms with E-state index in [9.17, 15) is 0 Å². The van der Waals surface area contributed by atoms with E-state index in [1.807, 2.05) is 0 Å². The van der Waals surface area contributed by atoms with Crippen molar-refractivity contribution in [1.29, 1.82) is 0 Å². The molecule has 0 aromatic rings. The summed E-state index contributed by atoms with van der Waals surface area (Å²) in [4.78, 5) is 2.59. The fraction of sp³-hybridized carbons (Fsp3) is 1.00. The lowest BCUT2D eigenvalue weighted by atomic mass is 10.0. The topological polar surface area (TPSA) is 3.24 Å². The molecule has 2 heteroatoms. The van der Waals surface area contributed by atoms with Crippen LogP contribution in [0.3, 0.4) is 0 Å². The van der Waals surface area contributed by atoms with Gasteiger partial charge in [0.2, 0.25) is 0 Å². The van der Waals surface area contributed by atoms with Crippen molar-refractivity contribution in [1.82, 2.24) is 4.90 Å². The molecule has 1 fully saturated rings. The van der Waals surface area contributed by atoms with Crippen LogP contribution in [-0.2, 0) is 0 Å². The minimum absolute atomic E-state index is 0.673. The first-order valence-electron chi connectivity index (χ1n) is 5.68. The number of hydrogen-bond acceptors (Lipinski definition) is 1. The lowest BCUT2D eigenvalue weighted by Crippen LogP contribution is -2.41. The Bertz CT molecular complexity index is 127. The van der Waals surface area contributed by atoms with E-state index in [0.717, 1.165) is 5.88 Å². The van der Waals surface area contributed by atoms with Crippen LogP contribution in [0.4, 0.5) is 0 Å². The Kier molecular flexibility index (Phi) is 5.81. The Morgan fingerprint density at radius 1 is 1.31 bits per heavy atom. The second-order valence-electron chi connectivity index (χ2n) is 4.05. The molecule has 0 saturated carbocycles. The van der Waals surface area contributed by atoms with E-state index in [0.29, 0.717) is 6.04 Å². The molecule has 0 aromatic heterocycles. The Labute approximate surface area is 87.4 Å². The van der Waals surface area contributed by atoms with Crippen molar-refractivity contribution in [3.05, 3.63) is 0 Å². The van der Waals surface area contributed by atoms with Gasteiger partial charge in [0.1, 0.15) is 0 Å². The SMILES string of the molecule is CCCCCN1CCCCC1CCl. The smallest absolute Gasteiger partial charge is 0.0379 e. The summed E-state index contributed by atoms with van der Waals surface area (Å²) in [6, 6.07) is 0.673. The van der Waals surface area contributed by atoms with E-state index >= 15 is 0 Å². The van der Waals surface area contributed by atoms with Gasteiger partial charge in [-0.15, -0.1) is 11.6 Å². The van der Waals surface area contributed by atoms with Gasteiger partial charge in [-0.1, -0.05) is 26.2 Å². The van der Waals surface area contributed by atoms with Gasteiger partial charge in [-0.05, 0) is 32.4 Å². The lowest BCUT2D eigenvalue weighted by molar-refractivity contribution is 0.160.